The van der Waals surface area contributed by atoms with Gasteiger partial charge >= 0.3 is 5.97 Å². The molecule has 0 bridgehead atoms. The predicted octanol–water partition coefficient (Wildman–Crippen LogP) is 2.23. The van der Waals surface area contributed by atoms with Gasteiger partial charge in [0.25, 0.3) is 10.0 Å². The molecule has 0 aliphatic rings. The van der Waals surface area contributed by atoms with Crippen LogP contribution >= 0.6 is 11.3 Å². The molecule has 3 aromatic heterocycles. The Bertz CT molecular complexity index is 1050. The Kier molecular flexibility index (Phi) is 4.94. The molecule has 3 rings (SSSR count). The number of aryl methyl sites for hydroxylation is 1. The molecule has 9 nitrogen and oxygen atoms in total. The van der Waals surface area contributed by atoms with E-state index in [4.69, 9.17) is 14.0 Å². The lowest BCUT2D eigenvalue weighted by Gasteiger charge is -2.02. The first-order valence-electron chi connectivity index (χ1n) is 7.48. The number of nitrogens with zero attached hydrogens (tertiary/aromatic N) is 2. The maximum Gasteiger partial charge on any atom is 0.355 e. The van der Waals surface area contributed by atoms with Crippen LogP contribution in [0.4, 0.5) is 0 Å². The first kappa shape index (κ1) is 18.3. The van der Waals surface area contributed by atoms with Gasteiger partial charge in [0.15, 0.2) is 11.5 Å². The van der Waals surface area contributed by atoms with Crippen molar-refractivity contribution in [3.8, 4) is 11.5 Å². The van der Waals surface area contributed by atoms with E-state index in [2.05, 4.69) is 14.9 Å². The van der Waals surface area contributed by atoms with Crippen molar-refractivity contribution in [1.29, 1.82) is 0 Å². The molecule has 26 heavy (non-hydrogen) atoms. The molecule has 0 amide bonds. The van der Waals surface area contributed by atoms with Crippen LogP contribution in [0.5, 0.6) is 0 Å². The van der Waals surface area contributed by atoms with Crippen LogP contribution in [0.25, 0.3) is 11.5 Å². The van der Waals surface area contributed by atoms with Crippen molar-refractivity contribution in [3.05, 3.63) is 39.5 Å². The van der Waals surface area contributed by atoms with Crippen molar-refractivity contribution in [2.45, 2.75) is 25.4 Å². The van der Waals surface area contributed by atoms with Gasteiger partial charge in [0, 0.05) is 23.9 Å². The van der Waals surface area contributed by atoms with Crippen LogP contribution in [-0.2, 0) is 16.4 Å². The standard InChI is InChI=1S/C15H15N3O6S2/c1-8-9(2)18-24-14(8)11-3-4-13(23-11)26(21,22)16-6-5-12-17-10(7-25-12)15(19)20/h3-4,7,16H,5-6H2,1-2H3,(H,19,20). The van der Waals surface area contributed by atoms with Gasteiger partial charge in [0.2, 0.25) is 10.9 Å². The monoisotopic (exact) mass is 397 g/mol. The highest BCUT2D eigenvalue weighted by Gasteiger charge is 2.22. The van der Waals surface area contributed by atoms with E-state index in [0.717, 1.165) is 16.9 Å². The highest BCUT2D eigenvalue weighted by atomic mass is 32.2. The summed E-state index contributed by atoms with van der Waals surface area (Å²) in [4.78, 5) is 14.7. The highest BCUT2D eigenvalue weighted by molar-refractivity contribution is 7.89. The average molecular weight is 397 g/mol. The summed E-state index contributed by atoms with van der Waals surface area (Å²) in [5, 5.41) is 14.3. The normalized spacial score (nSPS) is 11.8. The van der Waals surface area contributed by atoms with E-state index in [9.17, 15) is 13.2 Å². The lowest BCUT2D eigenvalue weighted by atomic mass is 10.2. The number of thiazole rings is 1. The number of aromatic nitrogens is 2. The molecule has 0 aliphatic heterocycles. The number of hydrogen-bond donors (Lipinski definition) is 2. The zero-order valence-corrected chi connectivity index (χ0v) is 15.5. The largest absolute Gasteiger partial charge is 0.476 e. The van der Waals surface area contributed by atoms with Crippen LogP contribution in [0.15, 0.2) is 31.5 Å². The highest BCUT2D eigenvalue weighted by Crippen LogP contribution is 2.28. The number of furan rings is 1. The average Bonchev–Trinajstić information content (AvgIpc) is 3.29. The van der Waals surface area contributed by atoms with Crippen LogP contribution in [0.1, 0.15) is 26.8 Å². The van der Waals surface area contributed by atoms with Gasteiger partial charge in [-0.3, -0.25) is 0 Å². The maximum absolute atomic E-state index is 12.3. The van der Waals surface area contributed by atoms with Crippen LogP contribution in [0.3, 0.4) is 0 Å². The molecule has 0 fully saturated rings. The second-order valence-corrected chi connectivity index (χ2v) is 8.06. The first-order chi connectivity index (χ1) is 12.3. The SMILES string of the molecule is Cc1noc(-c2ccc(S(=O)(=O)NCCc3nc(C(=O)O)cs3)o2)c1C. The van der Waals surface area contributed by atoms with Crippen LogP contribution < -0.4 is 4.72 Å². The molecular weight excluding hydrogens is 382 g/mol. The fraction of sp³-hybridized carbons (Fsp3) is 0.267. The molecule has 0 radical (unpaired) electrons. The third kappa shape index (κ3) is 3.69. The Labute approximate surface area is 152 Å². The van der Waals surface area contributed by atoms with E-state index in [0.29, 0.717) is 16.5 Å². The minimum Gasteiger partial charge on any atom is -0.476 e. The van der Waals surface area contributed by atoms with Gasteiger partial charge in [-0.15, -0.1) is 11.3 Å². The molecule has 0 saturated carbocycles. The van der Waals surface area contributed by atoms with Crippen molar-refractivity contribution in [2.75, 3.05) is 6.54 Å². The smallest absolute Gasteiger partial charge is 0.355 e. The molecule has 0 unspecified atom stereocenters. The Morgan fingerprint density at radius 1 is 1.35 bits per heavy atom. The molecule has 0 saturated heterocycles. The van der Waals surface area contributed by atoms with Crippen molar-refractivity contribution >= 4 is 27.3 Å². The maximum atomic E-state index is 12.3. The summed E-state index contributed by atoms with van der Waals surface area (Å²) in [7, 11) is -3.85. The van der Waals surface area contributed by atoms with Gasteiger partial charge in [-0.1, -0.05) is 5.16 Å². The lowest BCUT2D eigenvalue weighted by Crippen LogP contribution is -2.25. The molecule has 2 N–H and O–H groups in total. The van der Waals surface area contributed by atoms with E-state index in [1.807, 2.05) is 0 Å². The molecule has 0 aliphatic carbocycles. The van der Waals surface area contributed by atoms with E-state index in [1.54, 1.807) is 13.8 Å². The number of nitrogens with one attached hydrogen (secondary N) is 1. The molecule has 3 aromatic rings. The zero-order valence-electron chi connectivity index (χ0n) is 13.8. The molecule has 3 heterocycles. The third-order valence-electron chi connectivity index (χ3n) is 3.63. The van der Waals surface area contributed by atoms with Gasteiger partial charge in [-0.05, 0) is 26.0 Å². The van der Waals surface area contributed by atoms with Crippen molar-refractivity contribution < 1.29 is 27.3 Å². The predicted molar refractivity (Wildman–Crippen MR) is 91.6 cm³/mol. The van der Waals surface area contributed by atoms with Crippen molar-refractivity contribution in [1.82, 2.24) is 14.9 Å². The van der Waals surface area contributed by atoms with Gasteiger partial charge in [0.1, 0.15) is 0 Å². The van der Waals surface area contributed by atoms with Crippen LogP contribution in [0.2, 0.25) is 0 Å². The van der Waals surface area contributed by atoms with Crippen LogP contribution in [0, 0.1) is 13.8 Å². The van der Waals surface area contributed by atoms with E-state index in [1.165, 1.54) is 17.5 Å². The number of sulfonamides is 1. The second kappa shape index (κ2) is 7.02. The second-order valence-electron chi connectivity index (χ2n) is 5.42. The summed E-state index contributed by atoms with van der Waals surface area (Å²) in [6.45, 7) is 3.64. The zero-order chi connectivity index (χ0) is 18.9. The molecule has 0 atom stereocenters. The van der Waals surface area contributed by atoms with Gasteiger partial charge in [0.05, 0.1) is 10.7 Å². The van der Waals surface area contributed by atoms with Crippen molar-refractivity contribution in [2.24, 2.45) is 0 Å². The van der Waals surface area contributed by atoms with Crippen LogP contribution in [-0.4, -0.2) is 36.2 Å². The summed E-state index contributed by atoms with van der Waals surface area (Å²) in [6, 6.07) is 2.84. The van der Waals surface area contributed by atoms with Gasteiger partial charge in [-0.2, -0.15) is 0 Å². The molecule has 11 heteroatoms. The fourth-order valence-electron chi connectivity index (χ4n) is 2.12. The molecular formula is C15H15N3O6S2. The summed E-state index contributed by atoms with van der Waals surface area (Å²) in [5.41, 5.74) is 1.42. The quantitative estimate of drug-likeness (QED) is 0.619. The fourth-order valence-corrected chi connectivity index (χ4v) is 3.85. The Morgan fingerprint density at radius 3 is 2.73 bits per heavy atom. The Hall–Kier alpha value is -2.50. The number of hydrogen-bond acceptors (Lipinski definition) is 8. The topological polar surface area (TPSA) is 136 Å². The van der Waals surface area contributed by atoms with E-state index < -0.39 is 16.0 Å². The van der Waals surface area contributed by atoms with E-state index in [-0.39, 0.29) is 29.5 Å². The first-order valence-corrected chi connectivity index (χ1v) is 9.84. The Morgan fingerprint density at radius 2 is 2.12 bits per heavy atom. The number of rotatable bonds is 7. The number of carboxylic acids is 1. The minimum absolute atomic E-state index is 0.0544. The third-order valence-corrected chi connectivity index (χ3v) is 5.87. The summed E-state index contributed by atoms with van der Waals surface area (Å²) in [5.74, 6) is -0.462. The summed E-state index contributed by atoms with van der Waals surface area (Å²) < 4.78 is 37.6. The minimum atomic E-state index is -3.85. The Balaban J connectivity index is 1.66. The van der Waals surface area contributed by atoms with E-state index >= 15 is 0 Å². The van der Waals surface area contributed by atoms with Gasteiger partial charge < -0.3 is 14.0 Å². The number of carbonyl (C=O) groups is 1. The lowest BCUT2D eigenvalue weighted by molar-refractivity contribution is 0.0691. The molecule has 0 spiro atoms. The molecule has 138 valence electrons. The summed E-state index contributed by atoms with van der Waals surface area (Å²) in [6.07, 6.45) is 0.269. The molecule has 0 aromatic carbocycles. The van der Waals surface area contributed by atoms with Gasteiger partial charge in [-0.25, -0.2) is 22.9 Å². The number of carboxylic acid groups (broad SMARTS) is 1. The summed E-state index contributed by atoms with van der Waals surface area (Å²) >= 11 is 1.16. The van der Waals surface area contributed by atoms with Crippen molar-refractivity contribution in [3.63, 3.8) is 0 Å². The number of aromatic carboxylic acids is 1.